The second-order valence-electron chi connectivity index (χ2n) is 20.6. The summed E-state index contributed by atoms with van der Waals surface area (Å²) in [6.07, 6.45) is 0. The van der Waals surface area contributed by atoms with E-state index in [4.69, 9.17) is 9.47 Å². The molecule has 0 N–H and O–H groups in total. The summed E-state index contributed by atoms with van der Waals surface area (Å²) >= 11 is 0. The van der Waals surface area contributed by atoms with E-state index in [0.29, 0.717) is 0 Å². The van der Waals surface area contributed by atoms with Gasteiger partial charge in [0.15, 0.2) is 11.5 Å². The molecule has 4 aliphatic rings. The van der Waals surface area contributed by atoms with Gasteiger partial charge in [0.2, 0.25) is 6.79 Å². The molecule has 0 atom stereocenters. The second-order valence-corrected chi connectivity index (χ2v) is 20.6. The van der Waals surface area contributed by atoms with Crippen molar-refractivity contribution in [1.82, 2.24) is 0 Å². The summed E-state index contributed by atoms with van der Waals surface area (Å²) < 4.78 is 12.6. The van der Waals surface area contributed by atoms with Gasteiger partial charge in [-0.25, -0.2) is 0 Å². The maximum atomic E-state index is 6.35. The largest absolute Gasteiger partial charge is 0.454 e. The molecule has 1 aliphatic heterocycles. The van der Waals surface area contributed by atoms with Crippen molar-refractivity contribution < 1.29 is 9.47 Å². The molecule has 0 bridgehead atoms. The Labute approximate surface area is 410 Å². The summed E-state index contributed by atoms with van der Waals surface area (Å²) in [6.45, 7) is 9.66. The minimum Gasteiger partial charge on any atom is -0.454 e. The van der Waals surface area contributed by atoms with Crippen LogP contribution in [0.25, 0.3) is 77.9 Å². The Bertz CT molecular complexity index is 3660. The van der Waals surface area contributed by atoms with Crippen molar-refractivity contribution in [2.45, 2.75) is 43.9 Å². The lowest BCUT2D eigenvalue weighted by atomic mass is 9.66. The number of benzene rings is 10. The van der Waals surface area contributed by atoms with Crippen LogP contribution in [0.15, 0.2) is 218 Å². The van der Waals surface area contributed by atoms with Gasteiger partial charge in [-0.1, -0.05) is 222 Å². The third kappa shape index (κ3) is 5.56. The summed E-state index contributed by atoms with van der Waals surface area (Å²) in [5.41, 5.74) is 26.6. The molecule has 334 valence electrons. The Balaban J connectivity index is 1.08. The first-order valence-electron chi connectivity index (χ1n) is 24.7. The molecule has 0 saturated heterocycles. The van der Waals surface area contributed by atoms with Crippen LogP contribution in [-0.4, -0.2) is 6.79 Å². The predicted octanol–water partition coefficient (Wildman–Crippen LogP) is 17.1. The normalized spacial score (nSPS) is 15.4. The lowest BCUT2D eigenvalue weighted by molar-refractivity contribution is 0.174. The Hall–Kier alpha value is -8.20. The van der Waals surface area contributed by atoms with Crippen molar-refractivity contribution in [3.63, 3.8) is 0 Å². The van der Waals surface area contributed by atoms with E-state index in [9.17, 15) is 0 Å². The molecule has 70 heavy (non-hydrogen) atoms. The molecule has 1 heterocycles. The molecular weight excluding hydrogens is 849 g/mol. The minimum absolute atomic E-state index is 0.118. The van der Waals surface area contributed by atoms with Crippen LogP contribution in [0.2, 0.25) is 0 Å². The molecule has 2 nitrogen and oxygen atoms in total. The van der Waals surface area contributed by atoms with Crippen LogP contribution in [0.3, 0.4) is 0 Å². The van der Waals surface area contributed by atoms with E-state index in [0.717, 1.165) is 17.1 Å². The Morgan fingerprint density at radius 2 is 0.700 bits per heavy atom. The fourth-order valence-corrected chi connectivity index (χ4v) is 13.2. The van der Waals surface area contributed by atoms with Crippen LogP contribution in [0.5, 0.6) is 11.5 Å². The summed E-state index contributed by atoms with van der Waals surface area (Å²) in [5.74, 6) is 1.55. The highest BCUT2D eigenvalue weighted by Gasteiger charge is 2.49. The monoisotopic (exact) mass is 898 g/mol. The molecule has 0 spiro atoms. The molecule has 2 heteroatoms. The van der Waals surface area contributed by atoms with Gasteiger partial charge in [0.25, 0.3) is 0 Å². The Morgan fingerprint density at radius 3 is 1.29 bits per heavy atom. The molecular formula is C68H50O2. The SMILES string of the molecule is CC1(C)c2ccccc2-c2c(-c3cccc(C4(c5cccc(-c6cccc7c6-c6ccccc6C7(C)C)c5)c5cc6c(cc5-c5c(-c7ccccc7-c7ccccc7)cccc54)OCO6)c3)cccc21. The van der Waals surface area contributed by atoms with Crippen LogP contribution in [0.1, 0.15) is 72.2 Å². The Morgan fingerprint density at radius 1 is 0.286 bits per heavy atom. The van der Waals surface area contributed by atoms with Crippen molar-refractivity contribution in [2.75, 3.05) is 6.79 Å². The van der Waals surface area contributed by atoms with Crippen LogP contribution in [-0.2, 0) is 16.2 Å². The number of hydrogen-bond donors (Lipinski definition) is 0. The van der Waals surface area contributed by atoms with Crippen LogP contribution in [0, 0.1) is 0 Å². The van der Waals surface area contributed by atoms with Gasteiger partial charge in [-0.2, -0.15) is 0 Å². The van der Waals surface area contributed by atoms with Crippen molar-refractivity contribution in [3.05, 3.63) is 263 Å². The fraction of sp³-hybridized carbons (Fsp3) is 0.118. The first-order chi connectivity index (χ1) is 34.2. The van der Waals surface area contributed by atoms with Crippen molar-refractivity contribution in [3.8, 4) is 89.4 Å². The molecule has 0 unspecified atom stereocenters. The third-order valence-corrected chi connectivity index (χ3v) is 16.4. The number of fused-ring (bicyclic) bond motifs is 10. The molecule has 0 aromatic heterocycles. The van der Waals surface area contributed by atoms with Crippen molar-refractivity contribution >= 4 is 0 Å². The fourth-order valence-electron chi connectivity index (χ4n) is 13.2. The van der Waals surface area contributed by atoms with E-state index < -0.39 is 5.41 Å². The molecule has 10 aromatic rings. The van der Waals surface area contributed by atoms with E-state index in [1.165, 1.54) is 117 Å². The highest BCUT2D eigenvalue weighted by molar-refractivity contribution is 6.01. The van der Waals surface area contributed by atoms with E-state index in [-0.39, 0.29) is 17.6 Å². The topological polar surface area (TPSA) is 18.5 Å². The van der Waals surface area contributed by atoms with Crippen LogP contribution >= 0.6 is 0 Å². The first-order valence-corrected chi connectivity index (χ1v) is 24.7. The summed E-state index contributed by atoms with van der Waals surface area (Å²) in [4.78, 5) is 0. The van der Waals surface area contributed by atoms with Crippen molar-refractivity contribution in [1.29, 1.82) is 0 Å². The standard InChI is InChI=1S/C68H50O2/c1-66(2)55-32-12-10-27-52(55)63-48(29-16-34-57(63)66)43-21-14-23-45(37-43)68(46-24-15-22-44(38-46)49-30-17-35-58-64(49)53-28-11-13-33-56(53)67(58,3)4)59-36-18-31-51(50-26-9-8-25-47(50)42-19-6-5-7-20-42)65(59)54-39-61-62(40-60(54)68)70-41-69-61/h5-40H,41H2,1-4H3. The first kappa shape index (κ1) is 40.8. The zero-order chi connectivity index (χ0) is 46.9. The van der Waals surface area contributed by atoms with E-state index in [2.05, 4.69) is 246 Å². The van der Waals surface area contributed by atoms with Gasteiger partial charge in [-0.05, 0) is 147 Å². The number of rotatable bonds is 6. The zero-order valence-electron chi connectivity index (χ0n) is 39.8. The van der Waals surface area contributed by atoms with E-state index >= 15 is 0 Å². The van der Waals surface area contributed by atoms with Gasteiger partial charge < -0.3 is 9.47 Å². The van der Waals surface area contributed by atoms with Gasteiger partial charge in [-0.15, -0.1) is 0 Å². The molecule has 0 amide bonds. The minimum atomic E-state index is -0.778. The van der Waals surface area contributed by atoms with Crippen LogP contribution in [0.4, 0.5) is 0 Å². The van der Waals surface area contributed by atoms with Crippen molar-refractivity contribution in [2.24, 2.45) is 0 Å². The summed E-state index contributed by atoms with van der Waals surface area (Å²) in [7, 11) is 0. The van der Waals surface area contributed by atoms with Gasteiger partial charge in [-0.3, -0.25) is 0 Å². The highest BCUT2D eigenvalue weighted by Crippen LogP contribution is 2.62. The second kappa shape index (κ2) is 14.9. The molecule has 0 radical (unpaired) electrons. The Kier molecular flexibility index (Phi) is 8.69. The average Bonchev–Trinajstić information content (AvgIpc) is 4.12. The number of ether oxygens (including phenoxy) is 2. The van der Waals surface area contributed by atoms with E-state index in [1.54, 1.807) is 0 Å². The molecule has 3 aliphatic carbocycles. The molecule has 0 saturated carbocycles. The molecule has 14 rings (SSSR count). The lowest BCUT2D eigenvalue weighted by Gasteiger charge is -2.35. The summed E-state index contributed by atoms with van der Waals surface area (Å²) in [5, 5.41) is 0. The quantitative estimate of drug-likeness (QED) is 0.166. The smallest absolute Gasteiger partial charge is 0.231 e. The predicted molar refractivity (Wildman–Crippen MR) is 287 cm³/mol. The summed E-state index contributed by atoms with van der Waals surface area (Å²) in [6, 6.07) is 81.9. The van der Waals surface area contributed by atoms with Gasteiger partial charge in [0.05, 0.1) is 5.41 Å². The van der Waals surface area contributed by atoms with Crippen LogP contribution < -0.4 is 9.47 Å². The average molecular weight is 899 g/mol. The highest BCUT2D eigenvalue weighted by atomic mass is 16.7. The number of hydrogen-bond acceptors (Lipinski definition) is 2. The maximum Gasteiger partial charge on any atom is 0.231 e. The maximum absolute atomic E-state index is 6.35. The molecule has 10 aromatic carbocycles. The van der Waals surface area contributed by atoms with Gasteiger partial charge in [0, 0.05) is 10.8 Å². The lowest BCUT2D eigenvalue weighted by Crippen LogP contribution is -2.28. The third-order valence-electron chi connectivity index (χ3n) is 16.4. The van der Waals surface area contributed by atoms with E-state index in [1.807, 2.05) is 0 Å². The molecule has 0 fully saturated rings. The van der Waals surface area contributed by atoms with Gasteiger partial charge >= 0.3 is 0 Å². The zero-order valence-corrected chi connectivity index (χ0v) is 39.8. The van der Waals surface area contributed by atoms with Gasteiger partial charge in [0.1, 0.15) is 0 Å².